The first-order valence-corrected chi connectivity index (χ1v) is 5.17. The van der Waals surface area contributed by atoms with Crippen LogP contribution < -0.4 is 0 Å². The molecule has 0 atom stereocenters. The van der Waals surface area contributed by atoms with E-state index in [1.807, 2.05) is 46.8 Å². The van der Waals surface area contributed by atoms with Crippen LogP contribution in [0.4, 0.5) is 0 Å². The summed E-state index contributed by atoms with van der Waals surface area (Å²) in [6, 6.07) is 0. The number of rotatable bonds is 3. The van der Waals surface area contributed by atoms with Gasteiger partial charge in [-0.3, -0.25) is 4.99 Å². The van der Waals surface area contributed by atoms with Crippen LogP contribution in [-0.4, -0.2) is 5.71 Å². The topological polar surface area (TPSA) is 12.4 Å². The Morgan fingerprint density at radius 2 is 1.57 bits per heavy atom. The Morgan fingerprint density at radius 3 is 2.00 bits per heavy atom. The lowest BCUT2D eigenvalue weighted by Gasteiger charge is -1.89. The summed E-state index contributed by atoms with van der Waals surface area (Å²) in [4.78, 5) is 4.17. The highest BCUT2D eigenvalue weighted by Gasteiger charge is 1.80. The number of allylic oxidation sites excluding steroid dienone is 5. The van der Waals surface area contributed by atoms with Crippen LogP contribution in [0, 0.1) is 0 Å². The molecule has 0 aromatic heterocycles. The van der Waals surface area contributed by atoms with E-state index in [-0.39, 0.29) is 0 Å². The molecule has 1 nitrogen and oxygen atoms in total. The molecule has 0 rings (SSSR count). The van der Waals surface area contributed by atoms with Crippen molar-refractivity contribution in [3.8, 4) is 0 Å². The molecule has 14 heavy (non-hydrogen) atoms. The Morgan fingerprint density at radius 1 is 1.00 bits per heavy atom. The molecule has 0 N–H and O–H groups in total. The molecular formula is C13H23N. The van der Waals surface area contributed by atoms with Crippen molar-refractivity contribution in [2.75, 3.05) is 0 Å². The third kappa shape index (κ3) is 10.9. The molecule has 0 saturated carbocycles. The Balaban J connectivity index is 0. The van der Waals surface area contributed by atoms with E-state index < -0.39 is 0 Å². The fourth-order valence-electron chi connectivity index (χ4n) is 0.583. The van der Waals surface area contributed by atoms with E-state index in [2.05, 4.69) is 24.1 Å². The smallest absolute Gasteiger partial charge is 0.0372 e. The fourth-order valence-corrected chi connectivity index (χ4v) is 0.583. The van der Waals surface area contributed by atoms with Crippen molar-refractivity contribution in [3.05, 3.63) is 36.1 Å². The van der Waals surface area contributed by atoms with Gasteiger partial charge in [-0.15, -0.1) is 0 Å². The molecule has 0 amide bonds. The van der Waals surface area contributed by atoms with Gasteiger partial charge in [0.05, 0.1) is 0 Å². The molecule has 0 fully saturated rings. The van der Waals surface area contributed by atoms with Crippen LogP contribution in [0.3, 0.4) is 0 Å². The van der Waals surface area contributed by atoms with Crippen molar-refractivity contribution in [2.24, 2.45) is 4.99 Å². The van der Waals surface area contributed by atoms with Crippen molar-refractivity contribution >= 4 is 5.71 Å². The van der Waals surface area contributed by atoms with E-state index in [1.165, 1.54) is 5.57 Å². The van der Waals surface area contributed by atoms with Gasteiger partial charge in [-0.2, -0.15) is 0 Å². The van der Waals surface area contributed by atoms with Gasteiger partial charge < -0.3 is 0 Å². The van der Waals surface area contributed by atoms with Crippen molar-refractivity contribution in [1.29, 1.82) is 0 Å². The van der Waals surface area contributed by atoms with E-state index in [0.29, 0.717) is 0 Å². The van der Waals surface area contributed by atoms with Gasteiger partial charge in [0.25, 0.3) is 0 Å². The second-order valence-corrected chi connectivity index (χ2v) is 2.62. The second kappa shape index (κ2) is 11.9. The van der Waals surface area contributed by atoms with Crippen molar-refractivity contribution in [1.82, 2.24) is 0 Å². The number of hydrogen-bond acceptors (Lipinski definition) is 1. The van der Waals surface area contributed by atoms with Crippen LogP contribution in [0.25, 0.3) is 0 Å². The van der Waals surface area contributed by atoms with Gasteiger partial charge in [-0.25, -0.2) is 0 Å². The zero-order valence-electron chi connectivity index (χ0n) is 10.3. The van der Waals surface area contributed by atoms with Crippen molar-refractivity contribution < 1.29 is 0 Å². The summed E-state index contributed by atoms with van der Waals surface area (Å²) in [6.45, 7) is 12.0. The SMILES string of the molecule is CC.C\C=C/N=C(C)\C=C/C(C)=C\C. The average molecular weight is 193 g/mol. The molecule has 0 aromatic rings. The summed E-state index contributed by atoms with van der Waals surface area (Å²) < 4.78 is 0. The Hall–Kier alpha value is -1.11. The monoisotopic (exact) mass is 193 g/mol. The third-order valence-corrected chi connectivity index (χ3v) is 1.47. The molecule has 0 aliphatic heterocycles. The molecule has 80 valence electrons. The fraction of sp³-hybridized carbons (Fsp3) is 0.462. The van der Waals surface area contributed by atoms with Crippen LogP contribution in [0.5, 0.6) is 0 Å². The quantitative estimate of drug-likeness (QED) is 0.461. The molecule has 0 saturated heterocycles. The van der Waals surface area contributed by atoms with Gasteiger partial charge in [0.1, 0.15) is 0 Å². The molecule has 0 unspecified atom stereocenters. The van der Waals surface area contributed by atoms with Crippen LogP contribution in [0.15, 0.2) is 41.1 Å². The minimum atomic E-state index is 1.02. The normalized spacial score (nSPS) is 13.3. The lowest BCUT2D eigenvalue weighted by atomic mass is 10.2. The summed E-state index contributed by atoms with van der Waals surface area (Å²) in [5.41, 5.74) is 2.28. The van der Waals surface area contributed by atoms with Crippen LogP contribution in [0.1, 0.15) is 41.5 Å². The van der Waals surface area contributed by atoms with E-state index in [4.69, 9.17) is 0 Å². The summed E-state index contributed by atoms with van der Waals surface area (Å²) in [5.74, 6) is 0. The zero-order chi connectivity index (χ0) is 11.4. The van der Waals surface area contributed by atoms with E-state index in [9.17, 15) is 0 Å². The van der Waals surface area contributed by atoms with E-state index in [1.54, 1.807) is 6.20 Å². The standard InChI is InChI=1S/C11H17N.C2H6/c1-5-9-12-11(4)8-7-10(3)6-2;1-2/h5-9H,1-4H3;1-2H3/b8-7-,9-5-,10-6-,12-11-;. The summed E-state index contributed by atoms with van der Waals surface area (Å²) in [5, 5.41) is 0. The maximum Gasteiger partial charge on any atom is 0.0372 e. The first-order chi connectivity index (χ1) is 6.70. The zero-order valence-corrected chi connectivity index (χ0v) is 10.3. The molecule has 0 aliphatic carbocycles. The van der Waals surface area contributed by atoms with Gasteiger partial charge in [0, 0.05) is 11.9 Å². The Kier molecular flexibility index (Phi) is 13.1. The largest absolute Gasteiger partial charge is 0.262 e. The highest BCUT2D eigenvalue weighted by atomic mass is 14.7. The van der Waals surface area contributed by atoms with Crippen molar-refractivity contribution in [2.45, 2.75) is 41.5 Å². The Labute approximate surface area is 89.0 Å². The number of aliphatic imine (C=N–C) groups is 1. The lowest BCUT2D eigenvalue weighted by molar-refractivity contribution is 1.47. The van der Waals surface area contributed by atoms with Gasteiger partial charge in [-0.1, -0.05) is 37.6 Å². The van der Waals surface area contributed by atoms with Crippen LogP contribution in [0.2, 0.25) is 0 Å². The van der Waals surface area contributed by atoms with Crippen LogP contribution in [-0.2, 0) is 0 Å². The van der Waals surface area contributed by atoms with Crippen molar-refractivity contribution in [3.63, 3.8) is 0 Å². The first-order valence-electron chi connectivity index (χ1n) is 5.17. The number of hydrogen-bond donors (Lipinski definition) is 0. The molecule has 0 aromatic carbocycles. The lowest BCUT2D eigenvalue weighted by Crippen LogP contribution is -1.81. The summed E-state index contributed by atoms with van der Waals surface area (Å²) in [6.07, 6.45) is 9.85. The molecule has 0 spiro atoms. The summed E-state index contributed by atoms with van der Waals surface area (Å²) >= 11 is 0. The predicted octanol–water partition coefficient (Wildman–Crippen LogP) is 4.53. The number of nitrogens with zero attached hydrogens (tertiary/aromatic N) is 1. The molecule has 0 aliphatic rings. The maximum atomic E-state index is 4.17. The van der Waals surface area contributed by atoms with E-state index in [0.717, 1.165) is 5.71 Å². The Bertz CT molecular complexity index is 230. The maximum absolute atomic E-state index is 4.17. The molecule has 0 radical (unpaired) electrons. The minimum Gasteiger partial charge on any atom is -0.262 e. The second-order valence-electron chi connectivity index (χ2n) is 2.62. The molecule has 0 heterocycles. The van der Waals surface area contributed by atoms with E-state index >= 15 is 0 Å². The molecular weight excluding hydrogens is 170 g/mol. The summed E-state index contributed by atoms with van der Waals surface area (Å²) in [7, 11) is 0. The van der Waals surface area contributed by atoms with Crippen LogP contribution >= 0.6 is 0 Å². The van der Waals surface area contributed by atoms with Gasteiger partial charge in [0.15, 0.2) is 0 Å². The predicted molar refractivity (Wildman–Crippen MR) is 67.8 cm³/mol. The van der Waals surface area contributed by atoms with Gasteiger partial charge in [-0.05, 0) is 33.8 Å². The molecule has 0 bridgehead atoms. The van der Waals surface area contributed by atoms with Gasteiger partial charge >= 0.3 is 0 Å². The minimum absolute atomic E-state index is 1.02. The highest BCUT2D eigenvalue weighted by molar-refractivity contribution is 5.93. The van der Waals surface area contributed by atoms with Gasteiger partial charge in [0.2, 0.25) is 0 Å². The first kappa shape index (κ1) is 15.4. The molecule has 1 heteroatoms. The average Bonchev–Trinajstić information content (AvgIpc) is 2.25. The highest BCUT2D eigenvalue weighted by Crippen LogP contribution is 1.94. The third-order valence-electron chi connectivity index (χ3n) is 1.47.